The molecule has 3 aromatic rings. The van der Waals surface area contributed by atoms with Crippen molar-refractivity contribution in [2.24, 2.45) is 11.3 Å². The smallest absolute Gasteiger partial charge is 0.341 e. The van der Waals surface area contributed by atoms with Gasteiger partial charge in [-0.3, -0.25) is 9.59 Å². The van der Waals surface area contributed by atoms with Gasteiger partial charge in [-0.25, -0.2) is 9.48 Å². The van der Waals surface area contributed by atoms with Crippen LogP contribution < -0.4 is 10.9 Å². The molecule has 0 bridgehead atoms. The van der Waals surface area contributed by atoms with Crippen LogP contribution in [-0.2, 0) is 41.8 Å². The Kier molecular flexibility index (Phi) is 6.76. The van der Waals surface area contributed by atoms with Gasteiger partial charge in [-0.1, -0.05) is 26.0 Å². The first-order chi connectivity index (χ1) is 17.2. The van der Waals surface area contributed by atoms with Gasteiger partial charge < -0.3 is 10.1 Å². The fourth-order valence-corrected chi connectivity index (χ4v) is 7.87. The molecule has 0 aliphatic heterocycles. The molecule has 192 valence electrons. The van der Waals surface area contributed by atoms with E-state index in [1.807, 2.05) is 0 Å². The van der Waals surface area contributed by atoms with Gasteiger partial charge in [0.15, 0.2) is 4.83 Å². The second kappa shape index (κ2) is 9.70. The molecular weight excluding hydrogens is 496 g/mol. The van der Waals surface area contributed by atoms with E-state index in [1.165, 1.54) is 16.2 Å². The van der Waals surface area contributed by atoms with Crippen LogP contribution in [0.25, 0.3) is 10.2 Å². The first-order valence-corrected chi connectivity index (χ1v) is 14.3. The molecule has 1 N–H and O–H groups in total. The second-order valence-corrected chi connectivity index (χ2v) is 12.9. The summed E-state index contributed by atoms with van der Waals surface area (Å²) in [4.78, 5) is 42.0. The number of nitrogens with one attached hydrogen (secondary N) is 1. The number of carbonyl (C=O) groups is 2. The Hall–Kier alpha value is -2.59. The summed E-state index contributed by atoms with van der Waals surface area (Å²) in [5.41, 5.74) is 2.44. The standard InChI is InChI=1S/C26H32N4O4S2/c1-5-34-25(33)21-15-8-6-7-9-17(15)35-22(21)27-19(31)13-30-24(32)20-16-11-10-14(26(2,3)4)12-18(16)36-23(20)28-29-30/h14H,5-13H2,1-4H3,(H,27,31)/t14-/m1/s1. The van der Waals surface area contributed by atoms with E-state index < -0.39 is 11.9 Å². The highest BCUT2D eigenvalue weighted by Gasteiger charge is 2.32. The van der Waals surface area contributed by atoms with Crippen molar-refractivity contribution in [3.05, 3.63) is 36.8 Å². The SMILES string of the molecule is CCOC(=O)c1c(NC(=O)Cn2nnc3sc4c(c3c2=O)CC[C@@H](C(C)(C)C)C4)sc2c1CCCC2. The number of amides is 1. The number of fused-ring (bicyclic) bond motifs is 4. The van der Waals surface area contributed by atoms with Crippen LogP contribution in [0.3, 0.4) is 0 Å². The molecule has 1 amide bonds. The van der Waals surface area contributed by atoms with E-state index in [0.717, 1.165) is 65.6 Å². The Morgan fingerprint density at radius 3 is 2.64 bits per heavy atom. The fraction of sp³-hybridized carbons (Fsp3) is 0.577. The van der Waals surface area contributed by atoms with Crippen LogP contribution in [0, 0.1) is 11.3 Å². The van der Waals surface area contributed by atoms with Crippen LogP contribution in [-0.4, -0.2) is 33.5 Å². The molecule has 10 heteroatoms. The number of aryl methyl sites for hydroxylation is 2. The number of anilines is 1. The number of rotatable bonds is 5. The second-order valence-electron chi connectivity index (χ2n) is 10.7. The van der Waals surface area contributed by atoms with Gasteiger partial charge in [0.2, 0.25) is 5.91 Å². The maximum atomic E-state index is 13.4. The van der Waals surface area contributed by atoms with Crippen LogP contribution >= 0.6 is 22.7 Å². The Labute approximate surface area is 218 Å². The number of hydrogen-bond donors (Lipinski definition) is 1. The van der Waals surface area contributed by atoms with Gasteiger partial charge in [0, 0.05) is 9.75 Å². The molecule has 2 aliphatic carbocycles. The molecule has 5 rings (SSSR count). The van der Waals surface area contributed by atoms with Gasteiger partial charge in [0.25, 0.3) is 5.56 Å². The third kappa shape index (κ3) is 4.61. The maximum Gasteiger partial charge on any atom is 0.341 e. The summed E-state index contributed by atoms with van der Waals surface area (Å²) >= 11 is 2.98. The van der Waals surface area contributed by atoms with Crippen molar-refractivity contribution in [3.8, 4) is 0 Å². The molecule has 0 saturated carbocycles. The third-order valence-electron chi connectivity index (χ3n) is 7.36. The predicted octanol–water partition coefficient (Wildman–Crippen LogP) is 4.76. The third-order valence-corrected chi connectivity index (χ3v) is 9.71. The molecular formula is C26H32N4O4S2. The molecule has 0 fully saturated rings. The lowest BCUT2D eigenvalue weighted by Gasteiger charge is -2.33. The average molecular weight is 529 g/mol. The zero-order valence-corrected chi connectivity index (χ0v) is 22.9. The summed E-state index contributed by atoms with van der Waals surface area (Å²) in [7, 11) is 0. The van der Waals surface area contributed by atoms with Gasteiger partial charge in [-0.05, 0) is 74.3 Å². The summed E-state index contributed by atoms with van der Waals surface area (Å²) in [5.74, 6) is -0.264. The fourth-order valence-electron chi connectivity index (χ4n) is 5.34. The molecule has 8 nitrogen and oxygen atoms in total. The van der Waals surface area contributed by atoms with E-state index in [-0.39, 0.29) is 24.1 Å². The van der Waals surface area contributed by atoms with Crippen molar-refractivity contribution in [3.63, 3.8) is 0 Å². The van der Waals surface area contributed by atoms with E-state index in [0.29, 0.717) is 26.7 Å². The highest BCUT2D eigenvalue weighted by Crippen LogP contribution is 2.42. The summed E-state index contributed by atoms with van der Waals surface area (Å²) in [6, 6.07) is 0. The normalized spacial score (nSPS) is 17.5. The number of esters is 1. The summed E-state index contributed by atoms with van der Waals surface area (Å²) < 4.78 is 6.41. The molecule has 0 radical (unpaired) electrons. The largest absolute Gasteiger partial charge is 0.462 e. The van der Waals surface area contributed by atoms with Gasteiger partial charge in [0.1, 0.15) is 11.5 Å². The van der Waals surface area contributed by atoms with Crippen molar-refractivity contribution in [2.75, 3.05) is 11.9 Å². The molecule has 2 aliphatic rings. The summed E-state index contributed by atoms with van der Waals surface area (Å²) in [6.07, 6.45) is 6.59. The monoisotopic (exact) mass is 528 g/mol. The van der Waals surface area contributed by atoms with Crippen molar-refractivity contribution < 1.29 is 14.3 Å². The summed E-state index contributed by atoms with van der Waals surface area (Å²) in [5, 5.41) is 12.3. The van der Waals surface area contributed by atoms with Crippen molar-refractivity contribution in [1.82, 2.24) is 15.0 Å². The number of hydrogen-bond acceptors (Lipinski definition) is 8. The van der Waals surface area contributed by atoms with E-state index in [2.05, 4.69) is 36.4 Å². The minimum absolute atomic E-state index is 0.210. The predicted molar refractivity (Wildman–Crippen MR) is 142 cm³/mol. The van der Waals surface area contributed by atoms with Crippen LogP contribution in [0.5, 0.6) is 0 Å². The van der Waals surface area contributed by atoms with E-state index in [1.54, 1.807) is 18.3 Å². The van der Waals surface area contributed by atoms with Crippen molar-refractivity contribution in [2.45, 2.75) is 79.2 Å². The average Bonchev–Trinajstić information content (AvgIpc) is 3.38. The minimum atomic E-state index is -0.413. The Balaban J connectivity index is 1.40. The van der Waals surface area contributed by atoms with E-state index in [9.17, 15) is 14.4 Å². The first-order valence-electron chi connectivity index (χ1n) is 12.7. The number of aromatic nitrogens is 3. The van der Waals surface area contributed by atoms with Gasteiger partial charge >= 0.3 is 5.97 Å². The highest BCUT2D eigenvalue weighted by molar-refractivity contribution is 7.18. The maximum absolute atomic E-state index is 13.4. The molecule has 3 aromatic heterocycles. The lowest BCUT2D eigenvalue weighted by Crippen LogP contribution is -2.31. The van der Waals surface area contributed by atoms with Gasteiger partial charge in [0.05, 0.1) is 17.6 Å². The van der Waals surface area contributed by atoms with E-state index in [4.69, 9.17) is 4.74 Å². The zero-order chi connectivity index (χ0) is 25.6. The van der Waals surface area contributed by atoms with E-state index >= 15 is 0 Å². The lowest BCUT2D eigenvalue weighted by molar-refractivity contribution is -0.117. The molecule has 3 heterocycles. The quantitative estimate of drug-likeness (QED) is 0.479. The Morgan fingerprint density at radius 1 is 1.11 bits per heavy atom. The molecule has 0 saturated heterocycles. The molecule has 36 heavy (non-hydrogen) atoms. The van der Waals surface area contributed by atoms with Crippen molar-refractivity contribution >= 4 is 49.8 Å². The molecule has 1 atom stereocenters. The summed E-state index contributed by atoms with van der Waals surface area (Å²) in [6.45, 7) is 8.56. The van der Waals surface area contributed by atoms with Crippen LogP contribution in [0.15, 0.2) is 4.79 Å². The highest BCUT2D eigenvalue weighted by atomic mass is 32.1. The molecule has 0 aromatic carbocycles. The number of thiophene rings is 2. The Bertz CT molecular complexity index is 1400. The zero-order valence-electron chi connectivity index (χ0n) is 21.2. The molecule has 0 spiro atoms. The minimum Gasteiger partial charge on any atom is -0.462 e. The molecule has 0 unspecified atom stereocenters. The number of ether oxygens (including phenoxy) is 1. The Morgan fingerprint density at radius 2 is 1.89 bits per heavy atom. The van der Waals surface area contributed by atoms with Gasteiger partial charge in [-0.15, -0.1) is 27.8 Å². The van der Waals surface area contributed by atoms with Crippen LogP contribution in [0.1, 0.15) is 78.2 Å². The van der Waals surface area contributed by atoms with Gasteiger partial charge in [-0.2, -0.15) is 0 Å². The topological polar surface area (TPSA) is 103 Å². The first kappa shape index (κ1) is 25.1. The van der Waals surface area contributed by atoms with Crippen LogP contribution in [0.4, 0.5) is 5.00 Å². The number of nitrogens with zero attached hydrogens (tertiary/aromatic N) is 3. The number of carbonyl (C=O) groups excluding carboxylic acids is 2. The van der Waals surface area contributed by atoms with Crippen LogP contribution in [0.2, 0.25) is 0 Å². The lowest BCUT2D eigenvalue weighted by atomic mass is 9.72. The van der Waals surface area contributed by atoms with Crippen molar-refractivity contribution in [1.29, 1.82) is 0 Å².